The number of carbonyl (C=O) groups is 1. The predicted molar refractivity (Wildman–Crippen MR) is 121 cm³/mol. The van der Waals surface area contributed by atoms with E-state index in [0.717, 1.165) is 24.8 Å². The van der Waals surface area contributed by atoms with E-state index in [9.17, 15) is 4.79 Å². The van der Waals surface area contributed by atoms with Crippen LogP contribution in [0, 0.1) is 0 Å². The van der Waals surface area contributed by atoms with Crippen LogP contribution in [0.4, 0.5) is 0 Å². The Morgan fingerprint density at radius 2 is 1.54 bits per heavy atom. The van der Waals surface area contributed by atoms with Gasteiger partial charge in [-0.25, -0.2) is 0 Å². The summed E-state index contributed by atoms with van der Waals surface area (Å²) in [6, 6.07) is 27.4. The van der Waals surface area contributed by atoms with Crippen molar-refractivity contribution in [3.05, 3.63) is 95.6 Å². The van der Waals surface area contributed by atoms with Crippen LogP contribution in [-0.4, -0.2) is 22.9 Å². The van der Waals surface area contributed by atoms with Crippen molar-refractivity contribution in [3.63, 3.8) is 0 Å². The minimum absolute atomic E-state index is 0. The van der Waals surface area contributed by atoms with Crippen LogP contribution in [-0.2, 0) is 6.42 Å². The molecule has 5 rings (SSSR count). The number of aryl methyl sites for hydroxylation is 1. The van der Waals surface area contributed by atoms with Crippen molar-refractivity contribution in [1.29, 1.82) is 0 Å². The van der Waals surface area contributed by atoms with Gasteiger partial charge in [0.15, 0.2) is 5.78 Å². The Morgan fingerprint density at radius 3 is 2.39 bits per heavy atom. The van der Waals surface area contributed by atoms with Crippen LogP contribution in [0.3, 0.4) is 0 Å². The molecule has 1 atom stereocenters. The molecule has 0 bridgehead atoms. The van der Waals surface area contributed by atoms with Crippen molar-refractivity contribution in [2.24, 2.45) is 0 Å². The van der Waals surface area contributed by atoms with Gasteiger partial charge in [0.25, 0.3) is 0 Å². The van der Waals surface area contributed by atoms with Gasteiger partial charge in [-0.15, -0.1) is 0 Å². The third-order valence-electron chi connectivity index (χ3n) is 6.02. The summed E-state index contributed by atoms with van der Waals surface area (Å²) in [5, 5.41) is 5.31. The number of fused-ring (bicyclic) bond motifs is 5. The first-order valence-corrected chi connectivity index (χ1v) is 9.83. The molecular weight excluding hydrogens is 407 g/mol. The molecule has 1 aliphatic rings. The van der Waals surface area contributed by atoms with E-state index < -0.39 is 0 Å². The van der Waals surface area contributed by atoms with Crippen LogP contribution in [0.15, 0.2) is 78.9 Å². The molecule has 1 unspecified atom stereocenters. The van der Waals surface area contributed by atoms with E-state index in [-0.39, 0.29) is 22.9 Å². The topological polar surface area (TPSA) is 17.1 Å². The molecule has 0 N–H and O–H groups in total. The van der Waals surface area contributed by atoms with Crippen LogP contribution in [0.1, 0.15) is 46.7 Å². The monoisotopic (exact) mass is 432 g/mol. The summed E-state index contributed by atoms with van der Waals surface area (Å²) in [5.74, 6) is 0.587. The third kappa shape index (κ3) is 3.28. The van der Waals surface area contributed by atoms with Crippen LogP contribution in [0.5, 0.6) is 0 Å². The van der Waals surface area contributed by atoms with E-state index in [2.05, 4.69) is 48.5 Å². The fourth-order valence-corrected chi connectivity index (χ4v) is 4.69. The molecular formula is C26H24OSe. The number of ketones is 1. The van der Waals surface area contributed by atoms with E-state index in [4.69, 9.17) is 0 Å². The summed E-state index contributed by atoms with van der Waals surface area (Å²) in [4.78, 5) is 12.8. The Labute approximate surface area is 176 Å². The molecule has 1 nitrogen and oxygen atoms in total. The molecule has 1 aliphatic carbocycles. The molecule has 28 heavy (non-hydrogen) atoms. The number of benzene rings is 4. The van der Waals surface area contributed by atoms with E-state index in [1.165, 1.54) is 32.7 Å². The SMILES string of the molecule is O=C(CC1CCCc2c1ccc1c2ccc2ccccc21)c1ccccc1.[SeH2]. The van der Waals surface area contributed by atoms with Crippen molar-refractivity contribution in [2.75, 3.05) is 0 Å². The average Bonchev–Trinajstić information content (AvgIpc) is 2.74. The van der Waals surface area contributed by atoms with Crippen molar-refractivity contribution in [1.82, 2.24) is 0 Å². The van der Waals surface area contributed by atoms with E-state index in [1.807, 2.05) is 30.3 Å². The van der Waals surface area contributed by atoms with Crippen LogP contribution in [0.2, 0.25) is 0 Å². The maximum absolute atomic E-state index is 12.8. The Balaban J connectivity index is 0.00000192. The van der Waals surface area contributed by atoms with Gasteiger partial charge in [0, 0.05) is 12.0 Å². The molecule has 0 fully saturated rings. The summed E-state index contributed by atoms with van der Waals surface area (Å²) in [7, 11) is 0. The first-order chi connectivity index (χ1) is 13.3. The van der Waals surface area contributed by atoms with Crippen LogP contribution >= 0.6 is 0 Å². The zero-order valence-corrected chi connectivity index (χ0v) is 17.9. The third-order valence-corrected chi connectivity index (χ3v) is 6.02. The molecule has 4 aromatic carbocycles. The van der Waals surface area contributed by atoms with Crippen molar-refractivity contribution < 1.29 is 4.79 Å². The number of rotatable bonds is 3. The first kappa shape index (κ1) is 18.9. The van der Waals surface area contributed by atoms with Gasteiger partial charge in [0.05, 0.1) is 0 Å². The second-order valence-electron chi connectivity index (χ2n) is 7.60. The zero-order chi connectivity index (χ0) is 18.2. The molecule has 0 radical (unpaired) electrons. The molecule has 0 amide bonds. The van der Waals surface area contributed by atoms with Gasteiger partial charge < -0.3 is 0 Å². The predicted octanol–water partition coefficient (Wildman–Crippen LogP) is 5.77. The Kier molecular flexibility index (Phi) is 5.35. The molecule has 0 saturated carbocycles. The summed E-state index contributed by atoms with van der Waals surface area (Å²) in [6.45, 7) is 0. The van der Waals surface area contributed by atoms with Gasteiger partial charge in [0.1, 0.15) is 0 Å². The van der Waals surface area contributed by atoms with Crippen molar-refractivity contribution in [2.45, 2.75) is 31.6 Å². The molecule has 0 aromatic heterocycles. The summed E-state index contributed by atoms with van der Waals surface area (Å²) in [6.07, 6.45) is 3.98. The number of carbonyl (C=O) groups excluding carboxylic acids is 1. The van der Waals surface area contributed by atoms with Gasteiger partial charge in [-0.3, -0.25) is 4.79 Å². The molecule has 0 aliphatic heterocycles. The molecule has 0 spiro atoms. The molecule has 0 heterocycles. The maximum atomic E-state index is 12.8. The first-order valence-electron chi connectivity index (χ1n) is 9.83. The zero-order valence-electron chi connectivity index (χ0n) is 15.8. The van der Waals surface area contributed by atoms with Crippen LogP contribution < -0.4 is 0 Å². The summed E-state index contributed by atoms with van der Waals surface area (Å²) >= 11 is 0. The molecule has 140 valence electrons. The van der Waals surface area contributed by atoms with Gasteiger partial charge >= 0.3 is 17.1 Å². The molecule has 4 aromatic rings. The summed E-state index contributed by atoms with van der Waals surface area (Å²) < 4.78 is 0. The molecule has 0 saturated heterocycles. The van der Waals surface area contributed by atoms with E-state index >= 15 is 0 Å². The number of Topliss-reactive ketones (excluding diaryl/α,β-unsaturated/α-hetero) is 1. The Hall–Kier alpha value is -2.41. The minimum atomic E-state index is 0. The van der Waals surface area contributed by atoms with Gasteiger partial charge in [-0.1, -0.05) is 78.9 Å². The normalized spacial score (nSPS) is 15.8. The van der Waals surface area contributed by atoms with Crippen molar-refractivity contribution in [3.8, 4) is 0 Å². The standard InChI is InChI=1S/C26H22O.H2Se/c27-26(19-8-2-1-3-9-19)17-20-10-6-12-23-22(20)15-16-24-21-11-5-4-7-18(21)13-14-25(23)24;/h1-5,7-9,11,13-16,20H,6,10,12,17H2;1H2. The average molecular weight is 431 g/mol. The fourth-order valence-electron chi connectivity index (χ4n) is 4.69. The van der Waals surface area contributed by atoms with Gasteiger partial charge in [-0.05, 0) is 57.9 Å². The summed E-state index contributed by atoms with van der Waals surface area (Å²) in [5.41, 5.74) is 3.67. The Morgan fingerprint density at radius 1 is 0.786 bits per heavy atom. The van der Waals surface area contributed by atoms with E-state index in [0.29, 0.717) is 12.3 Å². The number of hydrogen-bond acceptors (Lipinski definition) is 1. The van der Waals surface area contributed by atoms with E-state index in [1.54, 1.807) is 0 Å². The van der Waals surface area contributed by atoms with Gasteiger partial charge in [0.2, 0.25) is 0 Å². The number of hydrogen-bond donors (Lipinski definition) is 0. The second kappa shape index (κ2) is 7.91. The van der Waals surface area contributed by atoms with Crippen LogP contribution in [0.25, 0.3) is 21.5 Å². The van der Waals surface area contributed by atoms with Gasteiger partial charge in [-0.2, -0.15) is 0 Å². The van der Waals surface area contributed by atoms with Crippen molar-refractivity contribution >= 4 is 44.4 Å². The fraction of sp³-hybridized carbons (Fsp3) is 0.192. The molecule has 2 heteroatoms. The second-order valence-corrected chi connectivity index (χ2v) is 7.60. The quantitative estimate of drug-likeness (QED) is 0.229. The Bertz CT molecular complexity index is 1150.